The van der Waals surface area contributed by atoms with Gasteiger partial charge in [0.1, 0.15) is 0 Å². The average molecular weight is 295 g/mol. The van der Waals surface area contributed by atoms with Crippen LogP contribution in [0.25, 0.3) is 0 Å². The van der Waals surface area contributed by atoms with Crippen molar-refractivity contribution in [1.82, 2.24) is 9.88 Å². The van der Waals surface area contributed by atoms with Crippen LogP contribution in [0.5, 0.6) is 0 Å². The molecule has 0 bridgehead atoms. The van der Waals surface area contributed by atoms with E-state index < -0.39 is 0 Å². The number of amides is 2. The summed E-state index contributed by atoms with van der Waals surface area (Å²) in [6, 6.07) is 0. The van der Waals surface area contributed by atoms with Crippen LogP contribution in [0.4, 0.5) is 5.13 Å². The molecule has 0 fully saturated rings. The first-order valence-corrected chi connectivity index (χ1v) is 7.60. The van der Waals surface area contributed by atoms with E-state index in [1.165, 1.54) is 18.3 Å². The molecule has 0 radical (unpaired) electrons. The van der Waals surface area contributed by atoms with Gasteiger partial charge < -0.3 is 10.2 Å². The highest BCUT2D eigenvalue weighted by molar-refractivity contribution is 7.15. The lowest BCUT2D eigenvalue weighted by atomic mass is 9.91. The Morgan fingerprint density at radius 1 is 1.40 bits per heavy atom. The molecule has 1 aromatic rings. The highest BCUT2D eigenvalue weighted by Gasteiger charge is 2.26. The molecule has 6 heteroatoms. The molecule has 2 amide bonds. The van der Waals surface area contributed by atoms with Crippen molar-refractivity contribution in [3.05, 3.63) is 10.6 Å². The quantitative estimate of drug-likeness (QED) is 0.911. The molecule has 5 nitrogen and oxygen atoms in total. The number of carbonyl (C=O) groups is 2. The van der Waals surface area contributed by atoms with Gasteiger partial charge >= 0.3 is 0 Å². The smallest absolute Gasteiger partial charge is 0.223 e. The highest BCUT2D eigenvalue weighted by atomic mass is 32.1. The number of carbonyl (C=O) groups excluding carboxylic acids is 2. The molecule has 0 spiro atoms. The van der Waals surface area contributed by atoms with Crippen LogP contribution in [0.1, 0.15) is 44.7 Å². The number of nitrogens with zero attached hydrogens (tertiary/aromatic N) is 2. The lowest BCUT2D eigenvalue weighted by Crippen LogP contribution is -2.37. The van der Waals surface area contributed by atoms with E-state index in [2.05, 4.69) is 31.1 Å². The van der Waals surface area contributed by atoms with E-state index >= 15 is 0 Å². The monoisotopic (exact) mass is 295 g/mol. The number of hydrogen-bond acceptors (Lipinski definition) is 4. The Hall–Kier alpha value is -1.43. The number of aromatic nitrogens is 1. The molecule has 1 N–H and O–H groups in total. The van der Waals surface area contributed by atoms with Crippen LogP contribution in [0.15, 0.2) is 0 Å². The summed E-state index contributed by atoms with van der Waals surface area (Å²) in [5, 5.41) is 3.34. The summed E-state index contributed by atoms with van der Waals surface area (Å²) in [6.45, 7) is 9.01. The molecule has 0 unspecified atom stereocenters. The summed E-state index contributed by atoms with van der Waals surface area (Å²) in [4.78, 5) is 30.7. The molecule has 0 atom stereocenters. The van der Waals surface area contributed by atoms with Gasteiger partial charge in [0, 0.05) is 31.2 Å². The van der Waals surface area contributed by atoms with E-state index in [1.807, 2.05) is 4.90 Å². The van der Waals surface area contributed by atoms with Crippen LogP contribution in [0.3, 0.4) is 0 Å². The van der Waals surface area contributed by atoms with Gasteiger partial charge in [0.2, 0.25) is 11.8 Å². The van der Waals surface area contributed by atoms with Crippen LogP contribution in [-0.2, 0) is 22.6 Å². The van der Waals surface area contributed by atoms with E-state index in [0.29, 0.717) is 24.6 Å². The van der Waals surface area contributed by atoms with Crippen LogP contribution in [0, 0.1) is 5.41 Å². The third kappa shape index (κ3) is 3.79. The van der Waals surface area contributed by atoms with E-state index in [-0.39, 0.29) is 17.2 Å². The van der Waals surface area contributed by atoms with Gasteiger partial charge in [-0.25, -0.2) is 4.98 Å². The fraction of sp³-hybridized carbons (Fsp3) is 0.643. The minimum Gasteiger partial charge on any atom is -0.337 e. The van der Waals surface area contributed by atoms with Gasteiger partial charge in [-0.15, -0.1) is 0 Å². The Morgan fingerprint density at radius 2 is 2.10 bits per heavy atom. The number of hydrogen-bond donors (Lipinski definition) is 1. The zero-order valence-corrected chi connectivity index (χ0v) is 13.3. The molecule has 1 aliphatic heterocycles. The molecule has 2 rings (SSSR count). The normalized spacial score (nSPS) is 14.9. The fourth-order valence-corrected chi connectivity index (χ4v) is 3.25. The van der Waals surface area contributed by atoms with Crippen LogP contribution in [-0.4, -0.2) is 28.2 Å². The third-order valence-corrected chi connectivity index (χ3v) is 4.05. The molecular formula is C14H21N3O2S. The molecular weight excluding hydrogens is 274 g/mol. The summed E-state index contributed by atoms with van der Waals surface area (Å²) in [7, 11) is 0. The lowest BCUT2D eigenvalue weighted by molar-refractivity contribution is -0.134. The van der Waals surface area contributed by atoms with Crippen molar-refractivity contribution in [3.63, 3.8) is 0 Å². The molecule has 1 aliphatic rings. The first-order valence-electron chi connectivity index (χ1n) is 6.78. The Labute approximate surface area is 123 Å². The molecule has 0 saturated heterocycles. The maximum Gasteiger partial charge on any atom is 0.223 e. The van der Waals surface area contributed by atoms with E-state index in [1.54, 1.807) is 0 Å². The molecule has 2 heterocycles. The predicted molar refractivity (Wildman–Crippen MR) is 79.6 cm³/mol. The van der Waals surface area contributed by atoms with Crippen molar-refractivity contribution in [3.8, 4) is 0 Å². The average Bonchev–Trinajstić information content (AvgIpc) is 2.66. The zero-order chi connectivity index (χ0) is 14.9. The van der Waals surface area contributed by atoms with Crippen LogP contribution >= 0.6 is 11.3 Å². The van der Waals surface area contributed by atoms with Gasteiger partial charge in [-0.1, -0.05) is 32.1 Å². The third-order valence-electron chi connectivity index (χ3n) is 3.05. The lowest BCUT2D eigenvalue weighted by Gasteiger charge is -2.29. The summed E-state index contributed by atoms with van der Waals surface area (Å²) in [6.07, 6.45) is 1.32. The largest absolute Gasteiger partial charge is 0.337 e. The molecule has 1 aromatic heterocycles. The first-order chi connectivity index (χ1) is 9.24. The molecule has 20 heavy (non-hydrogen) atoms. The molecule has 110 valence electrons. The van der Waals surface area contributed by atoms with Crippen LogP contribution in [0.2, 0.25) is 0 Å². The van der Waals surface area contributed by atoms with Crippen molar-refractivity contribution >= 4 is 28.3 Å². The summed E-state index contributed by atoms with van der Waals surface area (Å²) in [5.41, 5.74) is 1.02. The topological polar surface area (TPSA) is 62.3 Å². The molecule has 0 aromatic carbocycles. The van der Waals surface area contributed by atoms with Crippen molar-refractivity contribution in [2.24, 2.45) is 5.41 Å². The summed E-state index contributed by atoms with van der Waals surface area (Å²) < 4.78 is 0. The van der Waals surface area contributed by atoms with E-state index in [9.17, 15) is 9.59 Å². The molecule has 0 aliphatic carbocycles. The van der Waals surface area contributed by atoms with Gasteiger partial charge in [-0.3, -0.25) is 9.59 Å². The fourth-order valence-electron chi connectivity index (χ4n) is 2.18. The van der Waals surface area contributed by atoms with Crippen LogP contribution < -0.4 is 5.32 Å². The number of anilines is 1. The standard InChI is InChI=1S/C14H21N3O2S/c1-9(18)15-13-16-10-5-6-17(8-11(10)20-13)12(19)7-14(2,3)4/h5-8H2,1-4H3,(H,15,16,18). The number of rotatable bonds is 2. The second-order valence-electron chi connectivity index (χ2n) is 6.37. The zero-order valence-electron chi connectivity index (χ0n) is 12.4. The Kier molecular flexibility index (Phi) is 4.13. The number of fused-ring (bicyclic) bond motifs is 1. The predicted octanol–water partition coefficient (Wildman–Crippen LogP) is 2.42. The second-order valence-corrected chi connectivity index (χ2v) is 7.46. The van der Waals surface area contributed by atoms with Crippen molar-refractivity contribution in [2.45, 2.75) is 47.1 Å². The summed E-state index contributed by atoms with van der Waals surface area (Å²) >= 11 is 1.47. The van der Waals surface area contributed by atoms with Crippen molar-refractivity contribution in [2.75, 3.05) is 11.9 Å². The SMILES string of the molecule is CC(=O)Nc1nc2c(s1)CN(C(=O)CC(C)(C)C)CC2. The maximum atomic E-state index is 12.2. The number of nitrogens with one attached hydrogen (secondary N) is 1. The van der Waals surface area contributed by atoms with E-state index in [4.69, 9.17) is 0 Å². The maximum absolute atomic E-state index is 12.2. The van der Waals surface area contributed by atoms with Crippen molar-refractivity contribution in [1.29, 1.82) is 0 Å². The Balaban J connectivity index is 2.05. The van der Waals surface area contributed by atoms with Gasteiger partial charge in [0.25, 0.3) is 0 Å². The highest BCUT2D eigenvalue weighted by Crippen LogP contribution is 2.29. The van der Waals surface area contributed by atoms with Gasteiger partial charge in [-0.05, 0) is 5.41 Å². The minimum atomic E-state index is -0.114. The summed E-state index contributed by atoms with van der Waals surface area (Å²) in [5.74, 6) is 0.0781. The molecule has 0 saturated carbocycles. The number of thiazole rings is 1. The van der Waals surface area contributed by atoms with Gasteiger partial charge in [-0.2, -0.15) is 0 Å². The second kappa shape index (κ2) is 5.52. The van der Waals surface area contributed by atoms with Gasteiger partial charge in [0.15, 0.2) is 5.13 Å². The minimum absolute atomic E-state index is 0.00636. The first kappa shape index (κ1) is 15.0. The van der Waals surface area contributed by atoms with Crippen molar-refractivity contribution < 1.29 is 9.59 Å². The Bertz CT molecular complexity index is 531. The van der Waals surface area contributed by atoms with Gasteiger partial charge in [0.05, 0.1) is 12.2 Å². The Morgan fingerprint density at radius 3 is 2.70 bits per heavy atom. The van der Waals surface area contributed by atoms with E-state index in [0.717, 1.165) is 17.0 Å².